The maximum atomic E-state index is 11.8. The Morgan fingerprint density at radius 1 is 0.833 bits per heavy atom. The fourth-order valence-electron chi connectivity index (χ4n) is 2.81. The highest BCUT2D eigenvalue weighted by atomic mass is 32.2. The second-order valence-electron chi connectivity index (χ2n) is 6.54. The molecule has 166 valence electrons. The Balaban J connectivity index is 1.60. The number of hydrogen-bond donors (Lipinski definition) is 1. The van der Waals surface area contributed by atoms with E-state index in [1.807, 2.05) is 0 Å². The van der Waals surface area contributed by atoms with E-state index in [2.05, 4.69) is 0 Å². The fraction of sp³-hybridized carbons (Fsp3) is 0.625. The molecule has 0 saturated carbocycles. The van der Waals surface area contributed by atoms with Gasteiger partial charge in [0.2, 0.25) is 17.7 Å². The second kappa shape index (κ2) is 9.75. The van der Waals surface area contributed by atoms with Crippen LogP contribution in [-0.4, -0.2) is 77.0 Å². The molecule has 0 aromatic heterocycles. The molecule has 1 unspecified atom stereocenters. The van der Waals surface area contributed by atoms with Crippen molar-refractivity contribution in [2.24, 2.45) is 0 Å². The Kier molecular flexibility index (Phi) is 7.61. The van der Waals surface area contributed by atoms with E-state index in [1.165, 1.54) is 0 Å². The highest BCUT2D eigenvalue weighted by Gasteiger charge is 2.49. The first kappa shape index (κ1) is 23.4. The van der Waals surface area contributed by atoms with E-state index in [1.54, 1.807) is 0 Å². The van der Waals surface area contributed by atoms with Crippen molar-refractivity contribution in [2.45, 2.75) is 50.2 Å². The SMILES string of the molecule is O=C1CCC(=O)N1C(=O)OCCCCCCOC(=O)N1C(=O)CC(S(=O)(=O)O)C1=O. The van der Waals surface area contributed by atoms with Crippen LogP contribution in [0, 0.1) is 0 Å². The monoisotopic (exact) mass is 448 g/mol. The molecule has 6 amide bonds. The molecule has 2 rings (SSSR count). The molecule has 0 bridgehead atoms. The standard InChI is InChI=1S/C16H20N2O11S/c19-11-5-6-12(20)17(11)15(23)28-7-3-1-2-4-8-29-16(24)18-13(21)9-10(14(18)22)30(25,26)27/h10H,1-9H2,(H,25,26,27). The number of rotatable bonds is 8. The van der Waals surface area contributed by atoms with Gasteiger partial charge in [-0.1, -0.05) is 0 Å². The number of carbonyl (C=O) groups excluding carboxylic acids is 6. The largest absolute Gasteiger partial charge is 0.449 e. The summed E-state index contributed by atoms with van der Waals surface area (Å²) in [4.78, 5) is 70.1. The zero-order valence-corrected chi connectivity index (χ0v) is 16.6. The third-order valence-corrected chi connectivity index (χ3v) is 5.46. The molecule has 0 radical (unpaired) electrons. The summed E-state index contributed by atoms with van der Waals surface area (Å²) in [5.74, 6) is -3.62. The van der Waals surface area contributed by atoms with Gasteiger partial charge in [0, 0.05) is 12.8 Å². The topological polar surface area (TPSA) is 182 Å². The Labute approximate surface area is 171 Å². The number of nitrogens with zero attached hydrogens (tertiary/aromatic N) is 2. The van der Waals surface area contributed by atoms with Crippen molar-refractivity contribution < 1.29 is 51.2 Å². The Hall–Kier alpha value is -2.87. The van der Waals surface area contributed by atoms with Gasteiger partial charge in [-0.2, -0.15) is 18.2 Å². The van der Waals surface area contributed by atoms with E-state index in [-0.39, 0.29) is 31.0 Å². The van der Waals surface area contributed by atoms with Crippen LogP contribution in [0.25, 0.3) is 0 Å². The first-order valence-electron chi connectivity index (χ1n) is 9.06. The number of carbonyl (C=O) groups is 6. The molecule has 14 heteroatoms. The zero-order valence-electron chi connectivity index (χ0n) is 15.8. The maximum Gasteiger partial charge on any atom is 0.423 e. The van der Waals surface area contributed by atoms with Gasteiger partial charge in [-0.25, -0.2) is 9.59 Å². The third kappa shape index (κ3) is 5.60. The van der Waals surface area contributed by atoms with Crippen LogP contribution >= 0.6 is 0 Å². The minimum Gasteiger partial charge on any atom is -0.449 e. The number of hydrogen-bond acceptors (Lipinski definition) is 10. The van der Waals surface area contributed by atoms with E-state index < -0.39 is 57.6 Å². The van der Waals surface area contributed by atoms with Gasteiger partial charge < -0.3 is 9.47 Å². The number of amides is 6. The van der Waals surface area contributed by atoms with E-state index in [0.29, 0.717) is 30.6 Å². The Bertz CT molecular complexity index is 850. The van der Waals surface area contributed by atoms with Gasteiger partial charge in [-0.3, -0.25) is 23.7 Å². The lowest BCUT2D eigenvalue weighted by Crippen LogP contribution is -2.39. The molecule has 0 aromatic carbocycles. The molecule has 13 nitrogen and oxygen atoms in total. The smallest absolute Gasteiger partial charge is 0.423 e. The Morgan fingerprint density at radius 3 is 1.73 bits per heavy atom. The molecule has 0 aliphatic carbocycles. The van der Waals surface area contributed by atoms with Gasteiger partial charge in [0.05, 0.1) is 19.6 Å². The molecule has 30 heavy (non-hydrogen) atoms. The van der Waals surface area contributed by atoms with Crippen molar-refractivity contribution in [3.8, 4) is 0 Å². The summed E-state index contributed by atoms with van der Waals surface area (Å²) in [7, 11) is -4.80. The van der Waals surface area contributed by atoms with Crippen LogP contribution in [0.15, 0.2) is 0 Å². The van der Waals surface area contributed by atoms with Crippen molar-refractivity contribution >= 4 is 45.9 Å². The van der Waals surface area contributed by atoms with Crippen LogP contribution in [0.1, 0.15) is 44.9 Å². The first-order valence-corrected chi connectivity index (χ1v) is 10.6. The molecule has 1 N–H and O–H groups in total. The van der Waals surface area contributed by atoms with Crippen LogP contribution in [0.5, 0.6) is 0 Å². The highest BCUT2D eigenvalue weighted by molar-refractivity contribution is 7.87. The normalized spacial score (nSPS) is 19.6. The van der Waals surface area contributed by atoms with Crippen molar-refractivity contribution in [3.63, 3.8) is 0 Å². The molecular weight excluding hydrogens is 428 g/mol. The van der Waals surface area contributed by atoms with E-state index in [4.69, 9.17) is 14.0 Å². The number of unbranched alkanes of at least 4 members (excludes halogenated alkanes) is 3. The predicted octanol–water partition coefficient (Wildman–Crippen LogP) is -0.0157. The average molecular weight is 448 g/mol. The first-order chi connectivity index (χ1) is 14.0. The van der Waals surface area contributed by atoms with Gasteiger partial charge >= 0.3 is 12.2 Å². The second-order valence-corrected chi connectivity index (χ2v) is 8.14. The summed E-state index contributed by atoms with van der Waals surface area (Å²) in [5, 5.41) is -2.01. The maximum absolute atomic E-state index is 11.8. The Morgan fingerprint density at radius 2 is 1.30 bits per heavy atom. The van der Waals surface area contributed by atoms with Crippen molar-refractivity contribution in [1.29, 1.82) is 0 Å². The van der Waals surface area contributed by atoms with Crippen molar-refractivity contribution in [2.75, 3.05) is 13.2 Å². The van der Waals surface area contributed by atoms with Gasteiger partial charge in [0.15, 0.2) is 5.25 Å². The minimum atomic E-state index is -4.80. The lowest BCUT2D eigenvalue weighted by Gasteiger charge is -2.13. The number of imide groups is 6. The van der Waals surface area contributed by atoms with Gasteiger partial charge in [-0.15, -0.1) is 0 Å². The number of likely N-dealkylation sites (tertiary alicyclic amines) is 2. The van der Waals surface area contributed by atoms with Crippen LogP contribution in [0.4, 0.5) is 9.59 Å². The van der Waals surface area contributed by atoms with Crippen LogP contribution < -0.4 is 0 Å². The zero-order chi connectivity index (χ0) is 22.5. The van der Waals surface area contributed by atoms with E-state index in [0.717, 1.165) is 0 Å². The lowest BCUT2D eigenvalue weighted by atomic mass is 10.2. The predicted molar refractivity (Wildman–Crippen MR) is 94.1 cm³/mol. The molecule has 0 spiro atoms. The van der Waals surface area contributed by atoms with Crippen LogP contribution in [-0.2, 0) is 38.8 Å². The van der Waals surface area contributed by atoms with Gasteiger partial charge in [0.1, 0.15) is 0 Å². The summed E-state index contributed by atoms with van der Waals surface area (Å²) in [6, 6.07) is 0. The quantitative estimate of drug-likeness (QED) is 0.299. The lowest BCUT2D eigenvalue weighted by molar-refractivity contribution is -0.138. The highest BCUT2D eigenvalue weighted by Crippen LogP contribution is 2.20. The number of ether oxygens (including phenoxy) is 2. The molecule has 2 fully saturated rings. The van der Waals surface area contributed by atoms with E-state index >= 15 is 0 Å². The van der Waals surface area contributed by atoms with Crippen LogP contribution in [0.3, 0.4) is 0 Å². The van der Waals surface area contributed by atoms with Crippen molar-refractivity contribution in [3.05, 3.63) is 0 Å². The molecule has 1 atom stereocenters. The summed E-state index contributed by atoms with van der Waals surface area (Å²) in [6.07, 6.45) is -1.32. The minimum absolute atomic E-state index is 0.0104. The summed E-state index contributed by atoms with van der Waals surface area (Å²) in [5.41, 5.74) is 0. The van der Waals surface area contributed by atoms with Crippen molar-refractivity contribution in [1.82, 2.24) is 9.80 Å². The van der Waals surface area contributed by atoms with Gasteiger partial charge in [-0.05, 0) is 25.7 Å². The molecule has 2 saturated heterocycles. The summed E-state index contributed by atoms with van der Waals surface area (Å²) >= 11 is 0. The van der Waals surface area contributed by atoms with Gasteiger partial charge in [0.25, 0.3) is 16.0 Å². The third-order valence-electron chi connectivity index (χ3n) is 4.37. The van der Waals surface area contributed by atoms with E-state index in [9.17, 15) is 37.2 Å². The summed E-state index contributed by atoms with van der Waals surface area (Å²) < 4.78 is 40.6. The summed E-state index contributed by atoms with van der Waals surface area (Å²) in [6.45, 7) is -0.160. The average Bonchev–Trinajstić information content (AvgIpc) is 3.15. The fourth-order valence-corrected chi connectivity index (χ4v) is 3.53. The molecular formula is C16H20N2O11S. The molecule has 0 aromatic rings. The van der Waals surface area contributed by atoms with Crippen LogP contribution in [0.2, 0.25) is 0 Å². The molecule has 2 aliphatic rings. The molecule has 2 aliphatic heterocycles. The molecule has 2 heterocycles.